The van der Waals surface area contributed by atoms with Crippen molar-refractivity contribution in [1.82, 2.24) is 14.5 Å². The lowest BCUT2D eigenvalue weighted by atomic mass is 10.2. The number of carboxylic acid groups (broad SMARTS) is 1. The number of benzene rings is 1. The summed E-state index contributed by atoms with van der Waals surface area (Å²) in [5.41, 5.74) is 1.48. The summed E-state index contributed by atoms with van der Waals surface area (Å²) in [4.78, 5) is 25.4. The van der Waals surface area contributed by atoms with Crippen LogP contribution in [0.15, 0.2) is 28.7 Å². The fraction of sp³-hybridized carbons (Fsp3) is 0.286. The molecule has 1 aromatic heterocycles. The van der Waals surface area contributed by atoms with E-state index in [-0.39, 0.29) is 18.9 Å². The number of carbonyl (C=O) groups is 2. The van der Waals surface area contributed by atoms with Crippen molar-refractivity contribution in [2.45, 2.75) is 19.9 Å². The first-order valence-electron chi connectivity index (χ1n) is 6.52. The Bertz CT molecular complexity index is 689. The van der Waals surface area contributed by atoms with Gasteiger partial charge in [-0.3, -0.25) is 9.59 Å². The number of hydrogen-bond donors (Lipinski definition) is 1. The molecule has 0 saturated heterocycles. The molecule has 0 unspecified atom stereocenters. The summed E-state index contributed by atoms with van der Waals surface area (Å²) in [6.07, 6.45) is -0.106. The van der Waals surface area contributed by atoms with E-state index in [2.05, 4.69) is 25.5 Å². The third kappa shape index (κ3) is 4.35. The summed E-state index contributed by atoms with van der Waals surface area (Å²) in [6, 6.07) is 7.56. The number of amides is 1. The van der Waals surface area contributed by atoms with E-state index in [4.69, 9.17) is 5.11 Å². The lowest BCUT2D eigenvalue weighted by Crippen LogP contribution is -2.32. The second-order valence-electron chi connectivity index (χ2n) is 4.69. The third-order valence-electron chi connectivity index (χ3n) is 2.99. The zero-order valence-electron chi connectivity index (χ0n) is 11.8. The first kappa shape index (κ1) is 16.6. The monoisotopic (exact) mass is 383 g/mol. The molecule has 0 saturated carbocycles. The van der Waals surface area contributed by atoms with Gasteiger partial charge < -0.3 is 10.0 Å². The molecule has 1 N–H and O–H groups in total. The van der Waals surface area contributed by atoms with Crippen molar-refractivity contribution in [1.29, 1.82) is 0 Å². The molecule has 0 atom stereocenters. The van der Waals surface area contributed by atoms with Crippen molar-refractivity contribution in [2.75, 3.05) is 6.54 Å². The van der Waals surface area contributed by atoms with Crippen LogP contribution in [0.3, 0.4) is 0 Å². The van der Waals surface area contributed by atoms with Crippen molar-refractivity contribution in [2.24, 2.45) is 0 Å². The molecular formula is C14H14BrN3O3S. The van der Waals surface area contributed by atoms with Crippen LogP contribution >= 0.6 is 27.5 Å². The predicted molar refractivity (Wildman–Crippen MR) is 85.8 cm³/mol. The number of halogens is 1. The fourth-order valence-electron chi connectivity index (χ4n) is 1.91. The van der Waals surface area contributed by atoms with Crippen LogP contribution in [-0.2, 0) is 11.3 Å². The van der Waals surface area contributed by atoms with Crippen LogP contribution in [0.25, 0.3) is 0 Å². The van der Waals surface area contributed by atoms with Gasteiger partial charge in [0, 0.05) is 17.6 Å². The molecule has 1 aromatic carbocycles. The smallest absolute Gasteiger partial charge is 0.305 e. The maximum atomic E-state index is 12.6. The summed E-state index contributed by atoms with van der Waals surface area (Å²) in [5.74, 6) is -1.18. The molecule has 2 aromatic rings. The highest BCUT2D eigenvalue weighted by Gasteiger charge is 2.21. The van der Waals surface area contributed by atoms with Crippen molar-refractivity contribution in [3.05, 3.63) is 44.9 Å². The van der Waals surface area contributed by atoms with Gasteiger partial charge in [-0.25, -0.2) is 0 Å². The van der Waals surface area contributed by atoms with Gasteiger partial charge in [-0.15, -0.1) is 5.10 Å². The van der Waals surface area contributed by atoms with E-state index in [1.165, 1.54) is 4.90 Å². The van der Waals surface area contributed by atoms with Gasteiger partial charge in [0.1, 0.15) is 4.88 Å². The molecule has 2 rings (SSSR count). The van der Waals surface area contributed by atoms with Crippen LogP contribution in [0.2, 0.25) is 0 Å². The molecular weight excluding hydrogens is 370 g/mol. The minimum absolute atomic E-state index is 0.106. The molecule has 0 spiro atoms. The first-order valence-corrected chi connectivity index (χ1v) is 8.08. The molecule has 0 aliphatic heterocycles. The zero-order valence-corrected chi connectivity index (χ0v) is 14.2. The van der Waals surface area contributed by atoms with Gasteiger partial charge in [0.05, 0.1) is 12.1 Å². The SMILES string of the molecule is Cc1nnsc1C(=O)N(CCC(=O)O)Cc1cccc(Br)c1. The largest absolute Gasteiger partial charge is 0.481 e. The standard InChI is InChI=1S/C14H14BrN3O3S/c1-9-13(22-17-16-9)14(21)18(6-5-12(19)20)8-10-3-2-4-11(15)7-10/h2-4,7H,5-6,8H2,1H3,(H,19,20). The summed E-state index contributed by atoms with van der Waals surface area (Å²) in [7, 11) is 0. The molecule has 0 fully saturated rings. The van der Waals surface area contributed by atoms with Crippen LogP contribution < -0.4 is 0 Å². The Morgan fingerprint density at radius 3 is 2.77 bits per heavy atom. The molecule has 0 radical (unpaired) electrons. The van der Waals surface area contributed by atoms with Crippen molar-refractivity contribution >= 4 is 39.3 Å². The van der Waals surface area contributed by atoms with E-state index in [1.807, 2.05) is 24.3 Å². The van der Waals surface area contributed by atoms with Gasteiger partial charge >= 0.3 is 5.97 Å². The highest BCUT2D eigenvalue weighted by Crippen LogP contribution is 2.18. The van der Waals surface area contributed by atoms with Crippen LogP contribution in [-0.4, -0.2) is 38.0 Å². The van der Waals surface area contributed by atoms with Gasteiger partial charge in [0.25, 0.3) is 5.91 Å². The van der Waals surface area contributed by atoms with Gasteiger partial charge in [-0.2, -0.15) is 0 Å². The highest BCUT2D eigenvalue weighted by molar-refractivity contribution is 9.10. The van der Waals surface area contributed by atoms with E-state index in [0.29, 0.717) is 17.1 Å². The molecule has 0 aliphatic carbocycles. The number of aliphatic carboxylic acids is 1. The van der Waals surface area contributed by atoms with Gasteiger partial charge in [-0.05, 0) is 36.2 Å². The lowest BCUT2D eigenvalue weighted by molar-refractivity contribution is -0.137. The number of hydrogen-bond acceptors (Lipinski definition) is 5. The van der Waals surface area contributed by atoms with Crippen LogP contribution in [0.4, 0.5) is 0 Å². The molecule has 22 heavy (non-hydrogen) atoms. The predicted octanol–water partition coefficient (Wildman–Crippen LogP) is 2.73. The summed E-state index contributed by atoms with van der Waals surface area (Å²) in [5, 5.41) is 12.7. The lowest BCUT2D eigenvalue weighted by Gasteiger charge is -2.21. The number of carbonyl (C=O) groups excluding carboxylic acids is 1. The Labute approximate surface area is 140 Å². The van der Waals surface area contributed by atoms with Crippen LogP contribution in [0, 0.1) is 6.92 Å². The molecule has 0 aliphatic rings. The summed E-state index contributed by atoms with van der Waals surface area (Å²) < 4.78 is 4.67. The van der Waals surface area contributed by atoms with Crippen LogP contribution in [0.5, 0.6) is 0 Å². The number of nitrogens with zero attached hydrogens (tertiary/aromatic N) is 3. The van der Waals surface area contributed by atoms with E-state index in [9.17, 15) is 9.59 Å². The van der Waals surface area contributed by atoms with Gasteiger partial charge in [0.15, 0.2) is 0 Å². The van der Waals surface area contributed by atoms with E-state index >= 15 is 0 Å². The van der Waals surface area contributed by atoms with E-state index in [0.717, 1.165) is 21.6 Å². The minimum atomic E-state index is -0.939. The molecule has 1 heterocycles. The Hall–Kier alpha value is -1.80. The topological polar surface area (TPSA) is 83.4 Å². The normalized spacial score (nSPS) is 10.5. The minimum Gasteiger partial charge on any atom is -0.481 e. The molecule has 6 nitrogen and oxygen atoms in total. The van der Waals surface area contributed by atoms with Crippen LogP contribution in [0.1, 0.15) is 27.3 Å². The third-order valence-corrected chi connectivity index (χ3v) is 4.30. The Balaban J connectivity index is 2.20. The fourth-order valence-corrected chi connectivity index (χ4v) is 2.98. The Morgan fingerprint density at radius 1 is 1.41 bits per heavy atom. The maximum Gasteiger partial charge on any atom is 0.305 e. The van der Waals surface area contributed by atoms with E-state index in [1.54, 1.807) is 6.92 Å². The molecule has 116 valence electrons. The second-order valence-corrected chi connectivity index (χ2v) is 6.36. The van der Waals surface area contributed by atoms with E-state index < -0.39 is 5.97 Å². The average molecular weight is 384 g/mol. The highest BCUT2D eigenvalue weighted by atomic mass is 79.9. The average Bonchev–Trinajstić information content (AvgIpc) is 2.88. The van der Waals surface area contributed by atoms with Crippen molar-refractivity contribution in [3.8, 4) is 0 Å². The summed E-state index contributed by atoms with van der Waals surface area (Å²) >= 11 is 4.41. The Kier molecular flexibility index (Phi) is 5.62. The quantitative estimate of drug-likeness (QED) is 0.828. The maximum absolute atomic E-state index is 12.6. The van der Waals surface area contributed by atoms with Crippen molar-refractivity contribution < 1.29 is 14.7 Å². The Morgan fingerprint density at radius 2 is 2.18 bits per heavy atom. The summed E-state index contributed by atoms with van der Waals surface area (Å²) in [6.45, 7) is 2.19. The van der Waals surface area contributed by atoms with Gasteiger partial charge in [-0.1, -0.05) is 32.6 Å². The number of rotatable bonds is 6. The molecule has 8 heteroatoms. The second kappa shape index (κ2) is 7.46. The molecule has 0 bridgehead atoms. The number of carboxylic acids is 1. The first-order chi connectivity index (χ1) is 10.5. The number of aryl methyl sites for hydroxylation is 1. The van der Waals surface area contributed by atoms with Crippen molar-refractivity contribution in [3.63, 3.8) is 0 Å². The molecule has 1 amide bonds. The van der Waals surface area contributed by atoms with Gasteiger partial charge in [0.2, 0.25) is 0 Å². The number of aromatic nitrogens is 2. The zero-order chi connectivity index (χ0) is 16.1.